The van der Waals surface area contributed by atoms with Crippen molar-refractivity contribution in [3.8, 4) is 11.5 Å². The lowest BCUT2D eigenvalue weighted by molar-refractivity contribution is 0.0661. The highest BCUT2D eigenvalue weighted by Crippen LogP contribution is 2.36. The Labute approximate surface area is 109 Å². The third-order valence-electron chi connectivity index (χ3n) is 4.42. The molecule has 0 aliphatic carbocycles. The quantitative estimate of drug-likeness (QED) is 0.819. The molecule has 0 amide bonds. The summed E-state index contributed by atoms with van der Waals surface area (Å²) >= 11 is 0. The van der Waals surface area contributed by atoms with Crippen molar-refractivity contribution in [1.82, 2.24) is 4.90 Å². The van der Waals surface area contributed by atoms with Gasteiger partial charge in [0.2, 0.25) is 0 Å². The number of rotatable bonds is 3. The van der Waals surface area contributed by atoms with E-state index < -0.39 is 0 Å². The summed E-state index contributed by atoms with van der Waals surface area (Å²) in [6.07, 6.45) is 5.39. The van der Waals surface area contributed by atoms with Gasteiger partial charge in [-0.05, 0) is 57.0 Å². The second kappa shape index (κ2) is 4.81. The number of nitrogens with zero attached hydrogens (tertiary/aromatic N) is 1. The van der Waals surface area contributed by atoms with E-state index >= 15 is 0 Å². The van der Waals surface area contributed by atoms with Crippen LogP contribution in [0, 0.1) is 0 Å². The topological polar surface area (TPSA) is 21.7 Å². The van der Waals surface area contributed by atoms with Gasteiger partial charge in [-0.15, -0.1) is 0 Å². The van der Waals surface area contributed by atoms with Crippen LogP contribution in [0.15, 0.2) is 24.3 Å². The standard InChI is InChI=1S/C15H21NO2/c1-16-11-3-4-12(16)10-15(9-11)18-14-7-5-13(17-2)6-8-14/h5-8,11-12,15H,3-4,9-10H2,1-2H3/t11-,12+,15-. The lowest BCUT2D eigenvalue weighted by Gasteiger charge is -2.36. The molecule has 18 heavy (non-hydrogen) atoms. The SMILES string of the molecule is COc1ccc(O[C@@H]2C[C@H]3CC[C@@H](C2)N3C)cc1. The fourth-order valence-electron chi connectivity index (χ4n) is 3.30. The van der Waals surface area contributed by atoms with E-state index in [4.69, 9.17) is 9.47 Å². The Hall–Kier alpha value is -1.22. The summed E-state index contributed by atoms with van der Waals surface area (Å²) in [5.41, 5.74) is 0. The summed E-state index contributed by atoms with van der Waals surface area (Å²) in [5, 5.41) is 0. The number of hydrogen-bond donors (Lipinski definition) is 0. The van der Waals surface area contributed by atoms with Crippen molar-refractivity contribution >= 4 is 0 Å². The summed E-state index contributed by atoms with van der Waals surface area (Å²) in [4.78, 5) is 2.54. The summed E-state index contributed by atoms with van der Waals surface area (Å²) in [5.74, 6) is 1.84. The van der Waals surface area contributed by atoms with Crippen molar-refractivity contribution in [3.05, 3.63) is 24.3 Å². The first-order chi connectivity index (χ1) is 8.76. The molecule has 0 saturated carbocycles. The maximum atomic E-state index is 6.10. The minimum absolute atomic E-state index is 0.382. The summed E-state index contributed by atoms with van der Waals surface area (Å²) in [7, 11) is 3.94. The molecule has 2 fully saturated rings. The van der Waals surface area contributed by atoms with Crippen molar-refractivity contribution in [2.75, 3.05) is 14.2 Å². The van der Waals surface area contributed by atoms with Crippen LogP contribution in [0.1, 0.15) is 25.7 Å². The molecular formula is C15H21NO2. The molecule has 0 N–H and O–H groups in total. The second-order valence-corrected chi connectivity index (χ2v) is 5.44. The largest absolute Gasteiger partial charge is 0.497 e. The first-order valence-electron chi connectivity index (χ1n) is 6.79. The van der Waals surface area contributed by atoms with Gasteiger partial charge in [-0.25, -0.2) is 0 Å². The molecule has 0 radical (unpaired) electrons. The maximum Gasteiger partial charge on any atom is 0.119 e. The molecule has 2 aliphatic rings. The number of ether oxygens (including phenoxy) is 2. The van der Waals surface area contributed by atoms with Crippen molar-refractivity contribution in [2.45, 2.75) is 43.9 Å². The molecular weight excluding hydrogens is 226 g/mol. The number of methoxy groups -OCH3 is 1. The Bertz CT molecular complexity index is 389. The highest BCUT2D eigenvalue weighted by atomic mass is 16.5. The van der Waals surface area contributed by atoms with Crippen LogP contribution in [0.5, 0.6) is 11.5 Å². The Kier molecular flexibility index (Phi) is 3.16. The molecule has 0 aromatic heterocycles. The van der Waals surface area contributed by atoms with Crippen molar-refractivity contribution in [1.29, 1.82) is 0 Å². The molecule has 1 aromatic carbocycles. The van der Waals surface area contributed by atoms with Gasteiger partial charge in [0.15, 0.2) is 0 Å². The molecule has 2 saturated heterocycles. The average molecular weight is 247 g/mol. The Morgan fingerprint density at radius 3 is 2.11 bits per heavy atom. The third-order valence-corrected chi connectivity index (χ3v) is 4.42. The average Bonchev–Trinajstić information content (AvgIpc) is 2.63. The molecule has 98 valence electrons. The van der Waals surface area contributed by atoms with Gasteiger partial charge in [0.25, 0.3) is 0 Å². The Balaban J connectivity index is 1.63. The van der Waals surface area contributed by atoms with E-state index in [9.17, 15) is 0 Å². The van der Waals surface area contributed by atoms with Crippen LogP contribution in [0.4, 0.5) is 0 Å². The first-order valence-corrected chi connectivity index (χ1v) is 6.79. The van der Waals surface area contributed by atoms with Crippen LogP contribution >= 0.6 is 0 Å². The van der Waals surface area contributed by atoms with Crippen LogP contribution in [0.2, 0.25) is 0 Å². The van der Waals surface area contributed by atoms with Crippen LogP contribution in [0.3, 0.4) is 0 Å². The van der Waals surface area contributed by atoms with Crippen LogP contribution in [-0.2, 0) is 0 Å². The molecule has 2 bridgehead atoms. The van der Waals surface area contributed by atoms with E-state index in [-0.39, 0.29) is 0 Å². The smallest absolute Gasteiger partial charge is 0.119 e. The number of fused-ring (bicyclic) bond motifs is 2. The van der Waals surface area contributed by atoms with Gasteiger partial charge in [-0.3, -0.25) is 0 Å². The van der Waals surface area contributed by atoms with Gasteiger partial charge < -0.3 is 14.4 Å². The third kappa shape index (κ3) is 2.19. The first kappa shape index (κ1) is 11.8. The molecule has 3 rings (SSSR count). The van der Waals surface area contributed by atoms with Gasteiger partial charge in [0.1, 0.15) is 17.6 Å². The van der Waals surface area contributed by atoms with Gasteiger partial charge >= 0.3 is 0 Å². The zero-order valence-corrected chi connectivity index (χ0v) is 11.1. The zero-order valence-electron chi connectivity index (χ0n) is 11.1. The number of benzene rings is 1. The lowest BCUT2D eigenvalue weighted by Crippen LogP contribution is -2.43. The number of piperidine rings is 1. The fraction of sp³-hybridized carbons (Fsp3) is 0.600. The molecule has 3 atom stereocenters. The summed E-state index contributed by atoms with van der Waals surface area (Å²) in [6, 6.07) is 9.37. The minimum Gasteiger partial charge on any atom is -0.497 e. The number of hydrogen-bond acceptors (Lipinski definition) is 3. The summed E-state index contributed by atoms with van der Waals surface area (Å²) in [6.45, 7) is 0. The zero-order chi connectivity index (χ0) is 12.5. The molecule has 0 spiro atoms. The van der Waals surface area contributed by atoms with Gasteiger partial charge in [-0.1, -0.05) is 0 Å². The van der Waals surface area contributed by atoms with Crippen molar-refractivity contribution < 1.29 is 9.47 Å². The molecule has 3 heteroatoms. The predicted octanol–water partition coefficient (Wildman–Crippen LogP) is 2.70. The van der Waals surface area contributed by atoms with E-state index in [0.717, 1.165) is 23.6 Å². The molecule has 1 aromatic rings. The van der Waals surface area contributed by atoms with Crippen molar-refractivity contribution in [2.24, 2.45) is 0 Å². The van der Waals surface area contributed by atoms with Gasteiger partial charge in [0, 0.05) is 12.1 Å². The second-order valence-electron chi connectivity index (χ2n) is 5.44. The normalized spacial score (nSPS) is 31.3. The fourth-order valence-corrected chi connectivity index (χ4v) is 3.30. The Morgan fingerprint density at radius 1 is 1.00 bits per heavy atom. The maximum absolute atomic E-state index is 6.10. The predicted molar refractivity (Wildman–Crippen MR) is 71.2 cm³/mol. The molecule has 2 heterocycles. The molecule has 0 unspecified atom stereocenters. The van der Waals surface area contributed by atoms with E-state index in [1.807, 2.05) is 24.3 Å². The summed E-state index contributed by atoms with van der Waals surface area (Å²) < 4.78 is 11.3. The van der Waals surface area contributed by atoms with E-state index in [0.29, 0.717) is 6.10 Å². The van der Waals surface area contributed by atoms with E-state index in [2.05, 4.69) is 11.9 Å². The van der Waals surface area contributed by atoms with E-state index in [1.165, 1.54) is 25.7 Å². The van der Waals surface area contributed by atoms with E-state index in [1.54, 1.807) is 7.11 Å². The van der Waals surface area contributed by atoms with Crippen LogP contribution in [-0.4, -0.2) is 37.2 Å². The van der Waals surface area contributed by atoms with Crippen LogP contribution in [0.25, 0.3) is 0 Å². The molecule has 3 nitrogen and oxygen atoms in total. The highest BCUT2D eigenvalue weighted by molar-refractivity contribution is 5.31. The molecule has 2 aliphatic heterocycles. The van der Waals surface area contributed by atoms with Crippen molar-refractivity contribution in [3.63, 3.8) is 0 Å². The Morgan fingerprint density at radius 2 is 1.56 bits per heavy atom. The van der Waals surface area contributed by atoms with Crippen LogP contribution < -0.4 is 9.47 Å². The highest BCUT2D eigenvalue weighted by Gasteiger charge is 2.39. The monoisotopic (exact) mass is 247 g/mol. The van der Waals surface area contributed by atoms with Gasteiger partial charge in [-0.2, -0.15) is 0 Å². The van der Waals surface area contributed by atoms with Gasteiger partial charge in [0.05, 0.1) is 7.11 Å². The lowest BCUT2D eigenvalue weighted by atomic mass is 10.0. The minimum atomic E-state index is 0.382.